The number of carbonyl (C=O) groups is 7. The second-order valence-electron chi connectivity index (χ2n) is 17.9. The molecule has 7 N–H and O–H groups in total. The van der Waals surface area contributed by atoms with Gasteiger partial charge in [-0.05, 0) is 125 Å². The monoisotopic (exact) mass is 1260 g/mol. The Balaban J connectivity index is -0.000000468. The molecule has 0 atom stereocenters. The number of aliphatic carboxylic acids is 7. The third kappa shape index (κ3) is 41.2. The van der Waals surface area contributed by atoms with Crippen molar-refractivity contribution in [2.24, 2.45) is 11.8 Å². The molecule has 0 unspecified atom stereocenters. The van der Waals surface area contributed by atoms with Crippen LogP contribution in [-0.2, 0) is 96.1 Å². The summed E-state index contributed by atoms with van der Waals surface area (Å²) in [6.07, 6.45) is 5.99. The molecule has 0 aromatic heterocycles. The van der Waals surface area contributed by atoms with Crippen LogP contribution in [0.3, 0.4) is 0 Å². The lowest BCUT2D eigenvalue weighted by Crippen LogP contribution is -2.27. The van der Waals surface area contributed by atoms with Crippen LogP contribution in [0.2, 0.25) is 0 Å². The van der Waals surface area contributed by atoms with Crippen LogP contribution in [-0.4, -0.2) is 113 Å². The Hall–Kier alpha value is -9.53. The van der Waals surface area contributed by atoms with Crippen LogP contribution in [0.15, 0.2) is 172 Å². The molecule has 3 aromatic rings. The number of carboxylic acids is 7. The molecule has 3 rings (SSSR count). The minimum absolute atomic E-state index is 0.00926. The van der Waals surface area contributed by atoms with Crippen molar-refractivity contribution in [3.63, 3.8) is 0 Å². The number of rotatable bonds is 23. The summed E-state index contributed by atoms with van der Waals surface area (Å²) in [7, 11) is -1.91. The van der Waals surface area contributed by atoms with Crippen molar-refractivity contribution < 1.29 is 124 Å². The molecule has 0 amide bonds. The van der Waals surface area contributed by atoms with E-state index in [0.717, 1.165) is 30.5 Å². The second kappa shape index (κ2) is 45.8. The smallest absolute Gasteiger partial charge is 0.490 e. The lowest BCUT2D eigenvalue weighted by atomic mass is 10.2. The highest BCUT2D eigenvalue weighted by Crippen LogP contribution is 2.27. The van der Waals surface area contributed by atoms with Crippen LogP contribution in [0.4, 0.5) is 13.2 Å². The van der Waals surface area contributed by atoms with Gasteiger partial charge in [-0.15, -0.1) is 0 Å². The van der Waals surface area contributed by atoms with Crippen molar-refractivity contribution in [2.45, 2.75) is 108 Å². The molecule has 0 spiro atoms. The fourth-order valence-electron chi connectivity index (χ4n) is 5.23. The summed E-state index contributed by atoms with van der Waals surface area (Å²) in [6.45, 7) is 20.7. The Labute approximate surface area is 504 Å². The number of ether oxygens (including phenoxy) is 6. The first-order chi connectivity index (χ1) is 40.3. The molecule has 27 heteroatoms. The van der Waals surface area contributed by atoms with E-state index < -0.39 is 63.2 Å². The molecule has 0 saturated heterocycles. The lowest BCUT2D eigenvalue weighted by molar-refractivity contribution is -0.137. The molecular weight excluding hydrogens is 1180 g/mol. The molecule has 0 radical (unpaired) electrons. The first-order valence-corrected chi connectivity index (χ1v) is 26.8. The van der Waals surface area contributed by atoms with Gasteiger partial charge >= 0.3 is 57.4 Å². The van der Waals surface area contributed by atoms with Gasteiger partial charge in [0.15, 0.2) is 17.3 Å². The Bertz CT molecular complexity index is 2950. The molecule has 23 nitrogen and oxygen atoms in total. The van der Waals surface area contributed by atoms with Crippen molar-refractivity contribution >= 4 is 51.9 Å². The van der Waals surface area contributed by atoms with E-state index in [9.17, 15) is 55.2 Å². The zero-order valence-corrected chi connectivity index (χ0v) is 51.8. The summed E-state index contributed by atoms with van der Waals surface area (Å²) in [5.74, 6) is -8.91. The topological polar surface area (TPSA) is 360 Å². The van der Waals surface area contributed by atoms with E-state index in [2.05, 4.69) is 18.4 Å². The summed E-state index contributed by atoms with van der Waals surface area (Å²) in [6, 6.07) is 28.4. The van der Waals surface area contributed by atoms with Gasteiger partial charge < -0.3 is 68.3 Å². The van der Waals surface area contributed by atoms with E-state index in [1.165, 1.54) is 33.5 Å². The van der Waals surface area contributed by atoms with Gasteiger partial charge in [0.2, 0.25) is 23.0 Å². The molecule has 0 saturated carbocycles. The van der Waals surface area contributed by atoms with Gasteiger partial charge in [0.05, 0.1) is 21.3 Å². The fourth-order valence-corrected chi connectivity index (χ4v) is 5.78. The molecule has 0 aliphatic heterocycles. The van der Waals surface area contributed by atoms with E-state index >= 15 is 0 Å². The molecule has 484 valence electrons. The number of hydrogen-bond donors (Lipinski definition) is 7. The Kier molecular flexibility index (Phi) is 44.2. The summed E-state index contributed by atoms with van der Waals surface area (Å²) in [5, 5.41) is 59.7. The Morgan fingerprint density at radius 1 is 0.425 bits per heavy atom. The average molecular weight is 1260 g/mol. The summed E-state index contributed by atoms with van der Waals surface area (Å²) >= 11 is 0. The van der Waals surface area contributed by atoms with Gasteiger partial charge in [-0.25, -0.2) is 33.6 Å². The van der Waals surface area contributed by atoms with Crippen molar-refractivity contribution in [3.05, 3.63) is 189 Å². The molecular formula is C60H79F3O23S. The highest BCUT2D eigenvalue weighted by molar-refractivity contribution is 7.87. The third-order valence-electron chi connectivity index (χ3n) is 9.10. The Morgan fingerprint density at radius 3 is 0.908 bits per heavy atom. The first-order valence-electron chi connectivity index (χ1n) is 25.4. The zero-order chi connectivity index (χ0) is 68.2. The Morgan fingerprint density at radius 2 is 0.713 bits per heavy atom. The van der Waals surface area contributed by atoms with Crippen LogP contribution < -0.4 is 0 Å². The number of alkyl halides is 3. The first kappa shape index (κ1) is 83.9. The molecule has 0 bridgehead atoms. The minimum Gasteiger partial charge on any atom is -0.490 e. The number of benzene rings is 3. The maximum absolute atomic E-state index is 11.8. The summed E-state index contributed by atoms with van der Waals surface area (Å²) in [5.41, 5.74) is -1.65. The standard InChI is InChI=1S/C13H16O3.C12H14O3.C11H12O3.C7H12O3.C6H7F3O5S.C6H10O3.C5H8O3/c1-10(2)8-12(13(14)15)16-9-11-6-4-3-5-7-11;1-9(2)11(12(13)14)15-8-10-6-4-3-5-7-10;1-2-10(11(12)13)14-8-9-6-4-3-5-7-9;1-5(2)4-6(10-3)7(8)9;1-3(2)4(5(10)11)14-15(12,13)6(7,8)9;1-4(2)5(9-3)6(7)8;1-3-4(8-2)5(6)7/h3-8,10H,9H2,1-2H3,(H,14,15);3-7H,8H2,1-2H3,(H,13,14);2-7H,8H2,1H3,(H,12,13);4-5H,1-3H3,(H,8,9);1-2H3,(H,10,11);1-3H3,(H,7,8);3H,1-2H3,(H,6,7)/b12-8-;;10-2-;6-4-;;;4-3-. The quantitative estimate of drug-likeness (QED) is 0.0201. The maximum Gasteiger partial charge on any atom is 0.534 e. The van der Waals surface area contributed by atoms with E-state index in [0.29, 0.717) is 11.1 Å². The summed E-state index contributed by atoms with van der Waals surface area (Å²) in [4.78, 5) is 73.0. The van der Waals surface area contributed by atoms with E-state index in [1.54, 1.807) is 53.7 Å². The maximum atomic E-state index is 11.8. The molecule has 3 aromatic carbocycles. The third-order valence-corrected chi connectivity index (χ3v) is 10.1. The molecule has 0 aliphatic carbocycles. The van der Waals surface area contributed by atoms with Crippen molar-refractivity contribution in [1.29, 1.82) is 0 Å². The van der Waals surface area contributed by atoms with E-state index in [4.69, 9.17) is 50.0 Å². The van der Waals surface area contributed by atoms with Gasteiger partial charge in [0.1, 0.15) is 19.8 Å². The normalized spacial score (nSPS) is 10.9. The SMILES string of the molecule is C/C=C(\OC)C(=O)O.C/C=C(\OCc1ccccc1)C(=O)O.CC(C)/C=C(\OCc1ccccc1)C(=O)O.CC(C)=C(OCc1ccccc1)C(=O)O.CC(C)=C(OS(=O)(=O)C(F)(F)F)C(=O)O.CO/C(=C\C(C)C)C(=O)O.COC(C(=O)O)=C(C)C. The highest BCUT2D eigenvalue weighted by atomic mass is 32.2. The molecule has 0 aliphatic rings. The van der Waals surface area contributed by atoms with Gasteiger partial charge in [0, 0.05) is 0 Å². The highest BCUT2D eigenvalue weighted by Gasteiger charge is 2.49. The molecule has 0 heterocycles. The second-order valence-corrected chi connectivity index (χ2v) is 19.4. The average Bonchev–Trinajstić information content (AvgIpc) is 2.45. The minimum atomic E-state index is -5.93. The van der Waals surface area contributed by atoms with Crippen LogP contribution in [0.25, 0.3) is 0 Å². The van der Waals surface area contributed by atoms with Gasteiger partial charge in [-0.1, -0.05) is 119 Å². The molecule has 87 heavy (non-hydrogen) atoms. The van der Waals surface area contributed by atoms with Gasteiger partial charge in [-0.2, -0.15) is 21.6 Å². The molecule has 0 fully saturated rings. The lowest BCUT2D eigenvalue weighted by Gasteiger charge is -2.10. The van der Waals surface area contributed by atoms with Crippen LogP contribution >= 0.6 is 0 Å². The number of methoxy groups -OCH3 is 3. The predicted octanol–water partition coefficient (Wildman–Crippen LogP) is 11.7. The zero-order valence-electron chi connectivity index (χ0n) is 51.0. The number of allylic oxidation sites excluding steroid dienone is 7. The largest absolute Gasteiger partial charge is 0.534 e. The van der Waals surface area contributed by atoms with E-state index in [-0.39, 0.29) is 71.8 Å². The van der Waals surface area contributed by atoms with E-state index in [1.807, 2.05) is 119 Å². The number of carboxylic acid groups (broad SMARTS) is 7. The van der Waals surface area contributed by atoms with Crippen molar-refractivity contribution in [2.75, 3.05) is 21.3 Å². The van der Waals surface area contributed by atoms with Gasteiger partial charge in [0.25, 0.3) is 0 Å². The van der Waals surface area contributed by atoms with Crippen LogP contribution in [0.1, 0.15) is 99.8 Å². The van der Waals surface area contributed by atoms with Crippen molar-refractivity contribution in [3.8, 4) is 0 Å². The summed E-state index contributed by atoms with van der Waals surface area (Å²) < 4.78 is 88.8. The van der Waals surface area contributed by atoms with Gasteiger partial charge in [-0.3, -0.25) is 0 Å². The number of hydrogen-bond acceptors (Lipinski definition) is 16. The van der Waals surface area contributed by atoms with Crippen LogP contribution in [0, 0.1) is 11.8 Å². The number of halogens is 3. The van der Waals surface area contributed by atoms with Crippen molar-refractivity contribution in [1.82, 2.24) is 0 Å². The van der Waals surface area contributed by atoms with Crippen LogP contribution in [0.5, 0.6) is 0 Å². The predicted molar refractivity (Wildman–Crippen MR) is 313 cm³/mol. The fraction of sp³-hybridized carbons (Fsp3) is 0.350.